The molecule has 0 fully saturated rings. The van der Waals surface area contributed by atoms with E-state index in [4.69, 9.17) is 0 Å². The van der Waals surface area contributed by atoms with Crippen LogP contribution in [0.4, 0.5) is 5.13 Å². The van der Waals surface area contributed by atoms with Crippen LogP contribution in [0, 0.1) is 6.92 Å². The fraction of sp³-hybridized carbons (Fsp3) is 0.318. The first kappa shape index (κ1) is 24.4. The molecule has 2 N–H and O–H groups in total. The molecule has 0 aliphatic heterocycles. The van der Waals surface area contributed by atoms with E-state index in [1.165, 1.54) is 11.3 Å². The summed E-state index contributed by atoms with van der Waals surface area (Å²) in [5.41, 5.74) is 1.60. The van der Waals surface area contributed by atoms with Gasteiger partial charge in [0.05, 0.1) is 10.5 Å². The van der Waals surface area contributed by atoms with Crippen molar-refractivity contribution in [1.82, 2.24) is 14.9 Å². The second-order valence-corrected chi connectivity index (χ2v) is 11.1. The first-order chi connectivity index (χ1) is 15.4. The minimum Gasteiger partial charge on any atom is -0.296 e. The third-order valence-corrected chi connectivity index (χ3v) is 8.07. The van der Waals surface area contributed by atoms with Crippen LogP contribution >= 0.6 is 23.1 Å². The number of aromatic nitrogens is 2. The highest BCUT2D eigenvalue weighted by atomic mass is 32.2. The molecule has 170 valence electrons. The van der Waals surface area contributed by atoms with Gasteiger partial charge in [-0.1, -0.05) is 54.5 Å². The molecule has 0 saturated heterocycles. The maximum absolute atomic E-state index is 12.7. The van der Waals surface area contributed by atoms with Crippen LogP contribution in [0.5, 0.6) is 0 Å². The van der Waals surface area contributed by atoms with E-state index >= 15 is 0 Å². The Labute approximate surface area is 197 Å². The van der Waals surface area contributed by atoms with Gasteiger partial charge < -0.3 is 0 Å². The van der Waals surface area contributed by atoms with Gasteiger partial charge in [-0.2, -0.15) is 0 Å². The van der Waals surface area contributed by atoms with E-state index in [-0.39, 0.29) is 17.3 Å². The Morgan fingerprint density at radius 1 is 1.09 bits per heavy atom. The highest BCUT2D eigenvalue weighted by Crippen LogP contribution is 2.25. The smallest absolute Gasteiger partial charge is 0.258 e. The van der Waals surface area contributed by atoms with Gasteiger partial charge in [0.2, 0.25) is 15.2 Å². The van der Waals surface area contributed by atoms with Crippen molar-refractivity contribution < 1.29 is 13.2 Å². The minimum atomic E-state index is -3.58. The normalized spacial score (nSPS) is 11.4. The van der Waals surface area contributed by atoms with Crippen LogP contribution in [-0.4, -0.2) is 36.8 Å². The Kier molecular flexibility index (Phi) is 8.80. The van der Waals surface area contributed by atoms with E-state index < -0.39 is 10.0 Å². The van der Waals surface area contributed by atoms with Gasteiger partial charge in [0.1, 0.15) is 5.01 Å². The summed E-state index contributed by atoms with van der Waals surface area (Å²) in [7, 11) is -3.58. The Hall–Kier alpha value is -2.27. The predicted octanol–water partition coefficient (Wildman–Crippen LogP) is 4.51. The van der Waals surface area contributed by atoms with E-state index in [9.17, 15) is 13.2 Å². The predicted molar refractivity (Wildman–Crippen MR) is 130 cm³/mol. The molecule has 3 aromatic rings. The number of nitrogens with zero attached hydrogens (tertiary/aromatic N) is 2. The Bertz CT molecular complexity index is 1150. The molecule has 7 nitrogen and oxygen atoms in total. The van der Waals surface area contributed by atoms with Crippen molar-refractivity contribution in [1.29, 1.82) is 0 Å². The lowest BCUT2D eigenvalue weighted by molar-refractivity contribution is 0.102. The molecule has 0 bridgehead atoms. The lowest BCUT2D eigenvalue weighted by Crippen LogP contribution is -2.25. The molecule has 2 aromatic carbocycles. The van der Waals surface area contributed by atoms with Gasteiger partial charge in [-0.3, -0.25) is 10.1 Å². The number of thioether (sulfide) groups is 1. The molecule has 0 aliphatic carbocycles. The second-order valence-electron chi connectivity index (χ2n) is 7.11. The number of rotatable bonds is 11. The lowest BCUT2D eigenvalue weighted by atomic mass is 10.2. The number of unbranched alkanes of at least 4 members (excludes halogenated alkanes) is 1. The highest BCUT2D eigenvalue weighted by molar-refractivity contribution is 7.99. The summed E-state index contributed by atoms with van der Waals surface area (Å²) in [6.07, 6.45) is 2.58. The molecule has 1 amide bonds. The first-order valence-corrected chi connectivity index (χ1v) is 13.6. The monoisotopic (exact) mass is 490 g/mol. The number of hydrogen-bond donors (Lipinski definition) is 2. The molecule has 0 atom stereocenters. The fourth-order valence-electron chi connectivity index (χ4n) is 2.77. The van der Waals surface area contributed by atoms with Gasteiger partial charge in [0, 0.05) is 17.9 Å². The van der Waals surface area contributed by atoms with Crippen LogP contribution in [0.2, 0.25) is 0 Å². The van der Waals surface area contributed by atoms with E-state index in [2.05, 4.69) is 27.2 Å². The zero-order valence-corrected chi connectivity index (χ0v) is 20.4. The summed E-state index contributed by atoms with van der Waals surface area (Å²) < 4.78 is 27.3. The van der Waals surface area contributed by atoms with Gasteiger partial charge in [-0.15, -0.1) is 22.0 Å². The number of hydrogen-bond acceptors (Lipinski definition) is 7. The molecule has 1 heterocycles. The van der Waals surface area contributed by atoms with Gasteiger partial charge in [0.25, 0.3) is 5.91 Å². The molecule has 0 unspecified atom stereocenters. The van der Waals surface area contributed by atoms with Crippen LogP contribution < -0.4 is 10.0 Å². The summed E-state index contributed by atoms with van der Waals surface area (Å²) in [5.74, 6) is 0.731. The second kappa shape index (κ2) is 11.6. The van der Waals surface area contributed by atoms with Crippen molar-refractivity contribution in [3.05, 3.63) is 64.7 Å². The van der Waals surface area contributed by atoms with E-state index in [0.717, 1.165) is 29.1 Å². The number of carbonyl (C=O) groups excluding carboxylic acids is 1. The third-order valence-electron chi connectivity index (χ3n) is 4.54. The molecule has 0 saturated carbocycles. The van der Waals surface area contributed by atoms with E-state index in [1.807, 2.05) is 25.1 Å². The van der Waals surface area contributed by atoms with Crippen LogP contribution in [0.25, 0.3) is 0 Å². The van der Waals surface area contributed by atoms with Crippen LogP contribution in [0.1, 0.15) is 40.7 Å². The van der Waals surface area contributed by atoms with E-state index in [1.54, 1.807) is 42.1 Å². The Morgan fingerprint density at radius 3 is 2.59 bits per heavy atom. The van der Waals surface area contributed by atoms with Crippen molar-refractivity contribution in [3.8, 4) is 0 Å². The average Bonchev–Trinajstić information content (AvgIpc) is 3.21. The van der Waals surface area contributed by atoms with Gasteiger partial charge >= 0.3 is 0 Å². The molecule has 0 aliphatic rings. The summed E-state index contributed by atoms with van der Waals surface area (Å²) in [5, 5.41) is 11.9. The van der Waals surface area contributed by atoms with Crippen molar-refractivity contribution >= 4 is 44.2 Å². The SMILES string of the molecule is CCCCSc1ccccc1C(=O)Nc1nnc(CCNS(=O)(=O)c2ccc(C)cc2)s1. The van der Waals surface area contributed by atoms with Gasteiger partial charge in [0.15, 0.2) is 0 Å². The Morgan fingerprint density at radius 2 is 1.84 bits per heavy atom. The maximum Gasteiger partial charge on any atom is 0.258 e. The molecule has 32 heavy (non-hydrogen) atoms. The fourth-order valence-corrected chi connectivity index (χ4v) is 5.68. The zero-order valence-electron chi connectivity index (χ0n) is 18.0. The third kappa shape index (κ3) is 6.86. The molecular formula is C22H26N4O3S3. The number of benzene rings is 2. The highest BCUT2D eigenvalue weighted by Gasteiger charge is 2.16. The van der Waals surface area contributed by atoms with Crippen LogP contribution in [0.3, 0.4) is 0 Å². The molecular weight excluding hydrogens is 464 g/mol. The van der Waals surface area contributed by atoms with Crippen molar-refractivity contribution in [2.24, 2.45) is 0 Å². The summed E-state index contributed by atoms with van der Waals surface area (Å²) in [4.78, 5) is 13.9. The number of nitrogens with one attached hydrogen (secondary N) is 2. The van der Waals surface area contributed by atoms with Crippen LogP contribution in [-0.2, 0) is 16.4 Å². The van der Waals surface area contributed by atoms with Crippen molar-refractivity contribution in [3.63, 3.8) is 0 Å². The quantitative estimate of drug-likeness (QED) is 0.303. The number of aryl methyl sites for hydroxylation is 1. The zero-order chi connectivity index (χ0) is 23.0. The lowest BCUT2D eigenvalue weighted by Gasteiger charge is -2.08. The summed E-state index contributed by atoms with van der Waals surface area (Å²) in [6.45, 7) is 4.23. The molecule has 1 aromatic heterocycles. The molecule has 3 rings (SSSR count). The summed E-state index contributed by atoms with van der Waals surface area (Å²) >= 11 is 2.91. The van der Waals surface area contributed by atoms with Crippen molar-refractivity contribution in [2.45, 2.75) is 42.9 Å². The number of amides is 1. The Balaban J connectivity index is 1.55. The number of anilines is 1. The number of carbonyl (C=O) groups is 1. The maximum atomic E-state index is 12.7. The largest absolute Gasteiger partial charge is 0.296 e. The summed E-state index contributed by atoms with van der Waals surface area (Å²) in [6, 6.07) is 14.2. The van der Waals surface area contributed by atoms with E-state index in [0.29, 0.717) is 22.1 Å². The minimum absolute atomic E-state index is 0.190. The van der Waals surface area contributed by atoms with Gasteiger partial charge in [-0.25, -0.2) is 13.1 Å². The molecule has 10 heteroatoms. The van der Waals surface area contributed by atoms with Crippen molar-refractivity contribution in [2.75, 3.05) is 17.6 Å². The number of sulfonamides is 1. The topological polar surface area (TPSA) is 101 Å². The molecule has 0 spiro atoms. The standard InChI is InChI=1S/C22H26N4O3S3/c1-3-4-15-30-19-8-6-5-7-18(19)21(27)24-22-26-25-20(31-22)13-14-23-32(28,29)17-11-9-16(2)10-12-17/h5-12,23H,3-4,13-15H2,1-2H3,(H,24,26,27). The van der Waals surface area contributed by atoms with Crippen LogP contribution in [0.15, 0.2) is 58.3 Å². The van der Waals surface area contributed by atoms with Gasteiger partial charge in [-0.05, 0) is 43.4 Å². The average molecular weight is 491 g/mol. The molecule has 0 radical (unpaired) electrons. The first-order valence-electron chi connectivity index (χ1n) is 10.3.